The highest BCUT2D eigenvalue weighted by Crippen LogP contribution is 2.39. The molecule has 0 atom stereocenters. The highest BCUT2D eigenvalue weighted by atomic mass is 19.1. The summed E-state index contributed by atoms with van der Waals surface area (Å²) >= 11 is 0. The van der Waals surface area contributed by atoms with Crippen molar-refractivity contribution in [1.82, 2.24) is 14.5 Å². The van der Waals surface area contributed by atoms with Gasteiger partial charge in [-0.3, -0.25) is 0 Å². The molecule has 0 N–H and O–H groups in total. The molecule has 0 unspecified atom stereocenters. The van der Waals surface area contributed by atoms with Gasteiger partial charge in [-0.15, -0.1) is 0 Å². The van der Waals surface area contributed by atoms with Gasteiger partial charge in [-0.1, -0.05) is 69.3 Å². The monoisotopic (exact) mass is 551 g/mol. The second-order valence-corrected chi connectivity index (χ2v) is 12.1. The first-order valence-corrected chi connectivity index (χ1v) is 14.2. The van der Waals surface area contributed by atoms with Crippen LogP contribution in [0.5, 0.6) is 0 Å². The van der Waals surface area contributed by atoms with E-state index in [1.165, 1.54) is 39.6 Å². The zero-order chi connectivity index (χ0) is 29.2. The van der Waals surface area contributed by atoms with Crippen LogP contribution >= 0.6 is 0 Å². The minimum Gasteiger partial charge on any atom is -0.306 e. The molecular formula is C37H32FN4+. The quantitative estimate of drug-likeness (QED) is 0.206. The third-order valence-corrected chi connectivity index (χ3v) is 8.38. The molecule has 5 heteroatoms. The van der Waals surface area contributed by atoms with Crippen molar-refractivity contribution in [1.29, 1.82) is 0 Å². The number of benzene rings is 4. The van der Waals surface area contributed by atoms with Crippen LogP contribution in [0.1, 0.15) is 31.9 Å². The summed E-state index contributed by atoms with van der Waals surface area (Å²) in [5.41, 5.74) is 10.9. The number of aryl methyl sites for hydroxylation is 2. The lowest BCUT2D eigenvalue weighted by molar-refractivity contribution is -0.659. The van der Waals surface area contributed by atoms with E-state index in [4.69, 9.17) is 4.98 Å². The largest absolute Gasteiger partial charge is 0.306 e. The summed E-state index contributed by atoms with van der Waals surface area (Å²) in [5.74, 6) is -0.235. The number of halogens is 1. The van der Waals surface area contributed by atoms with Gasteiger partial charge in [0.2, 0.25) is 5.69 Å². The van der Waals surface area contributed by atoms with Crippen LogP contribution in [0.3, 0.4) is 0 Å². The minimum atomic E-state index is -0.235. The van der Waals surface area contributed by atoms with Crippen LogP contribution in [0.15, 0.2) is 104 Å². The van der Waals surface area contributed by atoms with Gasteiger partial charge in [0.1, 0.15) is 24.7 Å². The average Bonchev–Trinajstić information content (AvgIpc) is 3.30. The van der Waals surface area contributed by atoms with Gasteiger partial charge >= 0.3 is 0 Å². The lowest BCUT2D eigenvalue weighted by atomic mass is 9.80. The van der Waals surface area contributed by atoms with Crippen molar-refractivity contribution in [3.63, 3.8) is 0 Å². The van der Waals surface area contributed by atoms with Crippen molar-refractivity contribution >= 4 is 32.7 Å². The molecule has 3 heterocycles. The van der Waals surface area contributed by atoms with Crippen LogP contribution in [0.2, 0.25) is 0 Å². The van der Waals surface area contributed by atoms with E-state index in [2.05, 4.69) is 116 Å². The fourth-order valence-corrected chi connectivity index (χ4v) is 6.23. The first-order chi connectivity index (χ1) is 20.2. The maximum atomic E-state index is 13.5. The Balaban J connectivity index is 1.48. The molecule has 0 saturated heterocycles. The van der Waals surface area contributed by atoms with E-state index in [1.807, 2.05) is 18.3 Å². The summed E-state index contributed by atoms with van der Waals surface area (Å²) in [6.45, 7) is 9.07. The predicted molar refractivity (Wildman–Crippen MR) is 169 cm³/mol. The summed E-state index contributed by atoms with van der Waals surface area (Å²) in [4.78, 5) is 9.08. The van der Waals surface area contributed by atoms with E-state index >= 15 is 0 Å². The van der Waals surface area contributed by atoms with E-state index in [-0.39, 0.29) is 11.2 Å². The average molecular weight is 552 g/mol. The van der Waals surface area contributed by atoms with E-state index in [1.54, 1.807) is 6.33 Å². The fraction of sp³-hybridized carbons (Fsp3) is 0.162. The molecule has 0 aliphatic heterocycles. The first kappa shape index (κ1) is 26.0. The molecule has 3 aromatic heterocycles. The van der Waals surface area contributed by atoms with Crippen molar-refractivity contribution < 1.29 is 8.96 Å². The zero-order valence-corrected chi connectivity index (χ0v) is 24.5. The molecular weight excluding hydrogens is 519 g/mol. The molecule has 0 bridgehead atoms. The van der Waals surface area contributed by atoms with Gasteiger partial charge in [-0.25, -0.2) is 18.9 Å². The number of pyridine rings is 1. The zero-order valence-electron chi connectivity index (χ0n) is 24.5. The normalized spacial score (nSPS) is 12.0. The summed E-state index contributed by atoms with van der Waals surface area (Å²) in [7, 11) is 2.11. The van der Waals surface area contributed by atoms with Crippen molar-refractivity contribution in [2.75, 3.05) is 0 Å². The second kappa shape index (κ2) is 9.59. The Kier molecular flexibility index (Phi) is 5.94. The molecule has 206 valence electrons. The molecule has 0 aliphatic rings. The van der Waals surface area contributed by atoms with Crippen molar-refractivity contribution in [2.24, 2.45) is 7.05 Å². The third-order valence-electron chi connectivity index (χ3n) is 8.38. The Morgan fingerprint density at radius 1 is 0.786 bits per heavy atom. The Labute approximate surface area is 244 Å². The van der Waals surface area contributed by atoms with Crippen LogP contribution in [-0.2, 0) is 12.5 Å². The Morgan fingerprint density at radius 3 is 2.14 bits per heavy atom. The number of hydrogen-bond acceptors (Lipinski definition) is 2. The van der Waals surface area contributed by atoms with Gasteiger partial charge in [0.15, 0.2) is 6.20 Å². The SMILES string of the molecule is Cc1c(-c2cc3c(c[n+]2C)c2ncncc2n3-c2ccc(-c3ccc(F)cc3)cc2)cc(C(C)(C)C)c2ccccc12. The predicted octanol–water partition coefficient (Wildman–Crippen LogP) is 8.63. The van der Waals surface area contributed by atoms with E-state index in [0.29, 0.717) is 0 Å². The molecule has 4 nitrogen and oxygen atoms in total. The maximum Gasteiger partial charge on any atom is 0.214 e. The third kappa shape index (κ3) is 4.16. The first-order valence-electron chi connectivity index (χ1n) is 14.2. The molecule has 0 amide bonds. The van der Waals surface area contributed by atoms with Gasteiger partial charge in [0, 0.05) is 11.8 Å². The van der Waals surface area contributed by atoms with Gasteiger partial charge in [0.25, 0.3) is 0 Å². The number of rotatable bonds is 3. The summed E-state index contributed by atoms with van der Waals surface area (Å²) in [5, 5.41) is 3.65. The summed E-state index contributed by atoms with van der Waals surface area (Å²) in [6.07, 6.45) is 5.68. The number of fused-ring (bicyclic) bond motifs is 4. The Hall–Kier alpha value is -4.90. The van der Waals surface area contributed by atoms with Crippen LogP contribution < -0.4 is 4.57 Å². The van der Waals surface area contributed by atoms with E-state index in [9.17, 15) is 4.39 Å². The van der Waals surface area contributed by atoms with Gasteiger partial charge in [0.05, 0.1) is 28.2 Å². The molecule has 0 spiro atoms. The molecule has 0 saturated carbocycles. The lowest BCUT2D eigenvalue weighted by Crippen LogP contribution is -2.31. The highest BCUT2D eigenvalue weighted by Gasteiger charge is 2.25. The fourth-order valence-electron chi connectivity index (χ4n) is 6.23. The molecule has 42 heavy (non-hydrogen) atoms. The molecule has 0 radical (unpaired) electrons. The van der Waals surface area contributed by atoms with Crippen molar-refractivity contribution in [2.45, 2.75) is 33.1 Å². The highest BCUT2D eigenvalue weighted by molar-refractivity contribution is 6.07. The molecule has 7 rings (SSSR count). The lowest BCUT2D eigenvalue weighted by Gasteiger charge is -2.23. The van der Waals surface area contributed by atoms with Crippen LogP contribution in [0, 0.1) is 12.7 Å². The smallest absolute Gasteiger partial charge is 0.214 e. The van der Waals surface area contributed by atoms with Crippen molar-refractivity contribution in [3.05, 3.63) is 121 Å². The van der Waals surface area contributed by atoms with E-state index in [0.717, 1.165) is 44.4 Å². The Morgan fingerprint density at radius 2 is 1.45 bits per heavy atom. The van der Waals surface area contributed by atoms with Crippen LogP contribution in [0.25, 0.3) is 60.8 Å². The molecule has 7 aromatic rings. The number of nitrogens with zero attached hydrogens (tertiary/aromatic N) is 4. The van der Waals surface area contributed by atoms with Gasteiger partial charge in [-0.2, -0.15) is 0 Å². The van der Waals surface area contributed by atoms with Gasteiger partial charge < -0.3 is 4.57 Å². The standard InChI is InChI=1S/C37H32FN4/c1-23-28-8-6-7-9-29(28)32(37(2,3)4)18-30(23)33-19-34-31(21-41(33)5)36-35(20-39-22-40-36)42(34)27-16-12-25(13-17-27)24-10-14-26(38)15-11-24/h6-22H,1-5H3/q+1. The number of hydrogen-bond donors (Lipinski definition) is 0. The number of aromatic nitrogens is 4. The second-order valence-electron chi connectivity index (χ2n) is 12.1. The molecule has 0 fully saturated rings. The van der Waals surface area contributed by atoms with E-state index < -0.39 is 0 Å². The van der Waals surface area contributed by atoms with Crippen molar-refractivity contribution in [3.8, 4) is 28.1 Å². The molecule has 4 aromatic carbocycles. The minimum absolute atomic E-state index is 0.0124. The topological polar surface area (TPSA) is 34.6 Å². The summed E-state index contributed by atoms with van der Waals surface area (Å²) in [6, 6.07) is 28.4. The van der Waals surface area contributed by atoms with Crippen LogP contribution in [-0.4, -0.2) is 14.5 Å². The van der Waals surface area contributed by atoms with Crippen LogP contribution in [0.4, 0.5) is 4.39 Å². The molecule has 0 aliphatic carbocycles. The maximum absolute atomic E-state index is 13.5. The Bertz CT molecular complexity index is 2130. The van der Waals surface area contributed by atoms with Gasteiger partial charge in [-0.05, 0) is 75.7 Å². The summed E-state index contributed by atoms with van der Waals surface area (Å²) < 4.78 is 18.0.